The average Bonchev–Trinajstić information content (AvgIpc) is 3.03. The molecule has 0 bridgehead atoms. The highest BCUT2D eigenvalue weighted by atomic mass is 14.9. The molecule has 3 heteroatoms. The molecule has 0 fully saturated rings. The van der Waals surface area contributed by atoms with Crippen molar-refractivity contribution in [2.45, 2.75) is 6.42 Å². The van der Waals surface area contributed by atoms with Crippen LogP contribution in [-0.2, 0) is 6.42 Å². The number of nitrogens with one attached hydrogen (secondary N) is 2. The van der Waals surface area contributed by atoms with Crippen molar-refractivity contribution in [1.82, 2.24) is 9.97 Å². The van der Waals surface area contributed by atoms with Crippen molar-refractivity contribution in [2.75, 3.05) is 0 Å². The molecule has 3 aromatic rings. The number of H-pyrrole nitrogens is 1. The molecule has 0 aliphatic carbocycles. The van der Waals surface area contributed by atoms with Gasteiger partial charge in [0.1, 0.15) is 0 Å². The molecule has 0 spiro atoms. The fraction of sp³-hybridized carbons (Fsp3) is 0.0588. The quantitative estimate of drug-likeness (QED) is 0.691. The normalized spacial score (nSPS) is 10.4. The largest absolute Gasteiger partial charge is 0.344 e. The lowest BCUT2D eigenvalue weighted by Gasteiger charge is -2.05. The summed E-state index contributed by atoms with van der Waals surface area (Å²) in [6, 6.07) is 18.6. The molecule has 0 radical (unpaired) electrons. The Labute approximate surface area is 117 Å². The summed E-state index contributed by atoms with van der Waals surface area (Å²) in [5.74, 6) is 0.636. The van der Waals surface area contributed by atoms with E-state index in [1.807, 2.05) is 18.2 Å². The standard InChI is InChI=1S/C17H15N3/c18-16(17-19-10-11-20-17)12-13-6-8-15(9-7-13)14-4-2-1-3-5-14/h1-11,18H,12H2,(H,19,20). The molecule has 0 aliphatic heterocycles. The van der Waals surface area contributed by atoms with Crippen LogP contribution in [0.4, 0.5) is 0 Å². The summed E-state index contributed by atoms with van der Waals surface area (Å²) in [6.45, 7) is 0. The minimum Gasteiger partial charge on any atom is -0.344 e. The molecule has 0 saturated carbocycles. The molecular formula is C17H15N3. The highest BCUT2D eigenvalue weighted by Crippen LogP contribution is 2.19. The van der Waals surface area contributed by atoms with Crippen LogP contribution in [0.3, 0.4) is 0 Å². The Morgan fingerprint density at radius 3 is 2.30 bits per heavy atom. The van der Waals surface area contributed by atoms with E-state index in [1.54, 1.807) is 12.4 Å². The van der Waals surface area contributed by atoms with Gasteiger partial charge in [0.15, 0.2) is 5.82 Å². The second-order valence-electron chi connectivity index (χ2n) is 4.66. The first-order valence-electron chi connectivity index (χ1n) is 6.54. The van der Waals surface area contributed by atoms with Crippen molar-refractivity contribution in [3.8, 4) is 11.1 Å². The summed E-state index contributed by atoms with van der Waals surface area (Å²) in [5, 5.41) is 8.01. The van der Waals surface area contributed by atoms with E-state index in [2.05, 4.69) is 46.4 Å². The Bertz CT molecular complexity index is 683. The Kier molecular flexibility index (Phi) is 3.42. The van der Waals surface area contributed by atoms with Crippen molar-refractivity contribution < 1.29 is 0 Å². The molecule has 1 aromatic heterocycles. The molecule has 20 heavy (non-hydrogen) atoms. The zero-order valence-electron chi connectivity index (χ0n) is 11.0. The lowest BCUT2D eigenvalue weighted by Crippen LogP contribution is -2.05. The molecule has 0 aliphatic rings. The maximum absolute atomic E-state index is 8.01. The Morgan fingerprint density at radius 1 is 0.950 bits per heavy atom. The van der Waals surface area contributed by atoms with Gasteiger partial charge in [-0.2, -0.15) is 0 Å². The molecule has 2 N–H and O–H groups in total. The van der Waals surface area contributed by atoms with Crippen molar-refractivity contribution in [3.63, 3.8) is 0 Å². The van der Waals surface area contributed by atoms with Gasteiger partial charge in [-0.15, -0.1) is 0 Å². The number of hydrogen-bond donors (Lipinski definition) is 2. The Hall–Kier alpha value is -2.68. The molecule has 1 heterocycles. The molecule has 2 aromatic carbocycles. The van der Waals surface area contributed by atoms with Gasteiger partial charge < -0.3 is 10.4 Å². The number of aromatic amines is 1. The third kappa shape index (κ3) is 2.67. The van der Waals surface area contributed by atoms with Crippen LogP contribution in [0.15, 0.2) is 67.0 Å². The predicted molar refractivity (Wildman–Crippen MR) is 81.0 cm³/mol. The van der Waals surface area contributed by atoms with E-state index >= 15 is 0 Å². The zero-order chi connectivity index (χ0) is 13.8. The van der Waals surface area contributed by atoms with Gasteiger partial charge in [0.2, 0.25) is 0 Å². The van der Waals surface area contributed by atoms with Crippen LogP contribution in [0.5, 0.6) is 0 Å². The highest BCUT2D eigenvalue weighted by Gasteiger charge is 2.05. The molecule has 3 rings (SSSR count). The van der Waals surface area contributed by atoms with Gasteiger partial charge in [0.05, 0.1) is 5.71 Å². The SMILES string of the molecule is N=C(Cc1ccc(-c2ccccc2)cc1)c1ncc[nH]1. The molecule has 0 amide bonds. The summed E-state index contributed by atoms with van der Waals surface area (Å²) in [6.07, 6.45) is 3.99. The van der Waals surface area contributed by atoms with Crippen molar-refractivity contribution in [3.05, 3.63) is 78.4 Å². The second-order valence-corrected chi connectivity index (χ2v) is 4.66. The third-order valence-electron chi connectivity index (χ3n) is 3.23. The Morgan fingerprint density at radius 2 is 1.65 bits per heavy atom. The van der Waals surface area contributed by atoms with Gasteiger partial charge in [-0.3, -0.25) is 0 Å². The van der Waals surface area contributed by atoms with E-state index < -0.39 is 0 Å². The summed E-state index contributed by atoms with van der Waals surface area (Å²) >= 11 is 0. The molecule has 0 saturated heterocycles. The maximum Gasteiger partial charge on any atom is 0.151 e. The van der Waals surface area contributed by atoms with Crippen LogP contribution < -0.4 is 0 Å². The van der Waals surface area contributed by atoms with Gasteiger partial charge in [0.25, 0.3) is 0 Å². The van der Waals surface area contributed by atoms with Crippen LogP contribution in [0.2, 0.25) is 0 Å². The van der Waals surface area contributed by atoms with Crippen molar-refractivity contribution in [2.24, 2.45) is 0 Å². The first-order chi connectivity index (χ1) is 9.83. The summed E-state index contributed by atoms with van der Waals surface area (Å²) < 4.78 is 0. The average molecular weight is 261 g/mol. The van der Waals surface area contributed by atoms with Crippen LogP contribution >= 0.6 is 0 Å². The Balaban J connectivity index is 1.75. The number of nitrogens with zero attached hydrogens (tertiary/aromatic N) is 1. The van der Waals surface area contributed by atoms with Crippen molar-refractivity contribution in [1.29, 1.82) is 5.41 Å². The zero-order valence-corrected chi connectivity index (χ0v) is 11.0. The van der Waals surface area contributed by atoms with Gasteiger partial charge in [0, 0.05) is 18.8 Å². The fourth-order valence-corrected chi connectivity index (χ4v) is 2.16. The number of imidazole rings is 1. The van der Waals surface area contributed by atoms with Crippen LogP contribution in [0.1, 0.15) is 11.4 Å². The number of aromatic nitrogens is 2. The monoisotopic (exact) mass is 261 g/mol. The number of hydrogen-bond acceptors (Lipinski definition) is 2. The molecule has 0 unspecified atom stereocenters. The van der Waals surface area contributed by atoms with E-state index in [-0.39, 0.29) is 0 Å². The second kappa shape index (κ2) is 5.53. The van der Waals surface area contributed by atoms with Crippen LogP contribution in [-0.4, -0.2) is 15.7 Å². The first kappa shape index (κ1) is 12.4. The lowest BCUT2D eigenvalue weighted by atomic mass is 10.0. The summed E-state index contributed by atoms with van der Waals surface area (Å²) in [5.41, 5.74) is 4.02. The van der Waals surface area contributed by atoms with E-state index in [9.17, 15) is 0 Å². The minimum atomic E-state index is 0.502. The summed E-state index contributed by atoms with van der Waals surface area (Å²) in [4.78, 5) is 7.06. The van der Waals surface area contributed by atoms with E-state index in [0.717, 1.165) is 5.56 Å². The van der Waals surface area contributed by atoms with E-state index in [0.29, 0.717) is 18.0 Å². The minimum absolute atomic E-state index is 0.502. The maximum atomic E-state index is 8.01. The van der Waals surface area contributed by atoms with E-state index in [4.69, 9.17) is 5.41 Å². The molecule has 3 nitrogen and oxygen atoms in total. The van der Waals surface area contributed by atoms with Crippen molar-refractivity contribution >= 4 is 5.71 Å². The topological polar surface area (TPSA) is 52.5 Å². The smallest absolute Gasteiger partial charge is 0.151 e. The number of rotatable bonds is 4. The van der Waals surface area contributed by atoms with Gasteiger partial charge in [-0.25, -0.2) is 4.98 Å². The summed E-state index contributed by atoms with van der Waals surface area (Å²) in [7, 11) is 0. The van der Waals surface area contributed by atoms with Crippen LogP contribution in [0.25, 0.3) is 11.1 Å². The van der Waals surface area contributed by atoms with Gasteiger partial charge in [-0.1, -0.05) is 54.6 Å². The number of benzene rings is 2. The lowest BCUT2D eigenvalue weighted by molar-refractivity contribution is 1.18. The molecule has 0 atom stereocenters. The van der Waals surface area contributed by atoms with Gasteiger partial charge in [-0.05, 0) is 16.7 Å². The van der Waals surface area contributed by atoms with Crippen LogP contribution in [0, 0.1) is 5.41 Å². The first-order valence-corrected chi connectivity index (χ1v) is 6.54. The molecule has 98 valence electrons. The third-order valence-corrected chi connectivity index (χ3v) is 3.23. The predicted octanol–water partition coefficient (Wildman–Crippen LogP) is 3.69. The fourth-order valence-electron chi connectivity index (χ4n) is 2.16. The van der Waals surface area contributed by atoms with E-state index in [1.165, 1.54) is 11.1 Å². The molecular weight excluding hydrogens is 246 g/mol. The van der Waals surface area contributed by atoms with Gasteiger partial charge >= 0.3 is 0 Å². The highest BCUT2D eigenvalue weighted by molar-refractivity contribution is 5.96.